The molecule has 0 atom stereocenters. The minimum absolute atomic E-state index is 0.121. The Kier molecular flexibility index (Phi) is 3.65. The first-order valence-electron chi connectivity index (χ1n) is 4.31. The highest BCUT2D eigenvalue weighted by Crippen LogP contribution is 2.14. The van der Waals surface area contributed by atoms with Gasteiger partial charge in [0.05, 0.1) is 6.42 Å². The number of rotatable bonds is 5. The van der Waals surface area contributed by atoms with Gasteiger partial charge in [0, 0.05) is 5.54 Å². The van der Waals surface area contributed by atoms with E-state index in [1.807, 2.05) is 0 Å². The van der Waals surface area contributed by atoms with Crippen LogP contribution < -0.4 is 5.32 Å². The van der Waals surface area contributed by atoms with Gasteiger partial charge in [-0.2, -0.15) is 0 Å². The fourth-order valence-electron chi connectivity index (χ4n) is 1.32. The molecule has 0 fully saturated rings. The van der Waals surface area contributed by atoms with Crippen LogP contribution in [0.15, 0.2) is 0 Å². The maximum absolute atomic E-state index is 10.8. The average Bonchev–Trinajstić information content (AvgIpc) is 1.79. The second-order valence-corrected chi connectivity index (χ2v) is 4.51. The third kappa shape index (κ3) is 4.23. The molecule has 5 nitrogen and oxygen atoms in total. The standard InChI is InChI=1S/C9H17NO4/c1-8(2,5-6(11)12)10-9(3,4)7(13)14/h10H,5H2,1-4H3,(H,11,12)(H,13,14). The number of carboxylic acid groups (broad SMARTS) is 2. The van der Waals surface area contributed by atoms with Gasteiger partial charge in [0.15, 0.2) is 0 Å². The zero-order valence-electron chi connectivity index (χ0n) is 8.92. The first kappa shape index (κ1) is 12.9. The van der Waals surface area contributed by atoms with Gasteiger partial charge in [-0.15, -0.1) is 0 Å². The van der Waals surface area contributed by atoms with Crippen LogP contribution in [0.4, 0.5) is 0 Å². The predicted octanol–water partition coefficient (Wildman–Crippen LogP) is 0.692. The number of carbonyl (C=O) groups is 2. The van der Waals surface area contributed by atoms with Gasteiger partial charge in [0.2, 0.25) is 0 Å². The summed E-state index contributed by atoms with van der Waals surface area (Å²) in [6.07, 6.45) is -0.121. The number of carboxylic acids is 2. The van der Waals surface area contributed by atoms with Crippen molar-refractivity contribution in [3.63, 3.8) is 0 Å². The normalized spacial score (nSPS) is 12.6. The number of aliphatic carboxylic acids is 2. The lowest BCUT2D eigenvalue weighted by molar-refractivity contribution is -0.146. The molecule has 0 aromatic rings. The van der Waals surface area contributed by atoms with E-state index in [4.69, 9.17) is 10.2 Å². The van der Waals surface area contributed by atoms with Crippen LogP contribution in [-0.2, 0) is 9.59 Å². The smallest absolute Gasteiger partial charge is 0.323 e. The van der Waals surface area contributed by atoms with Gasteiger partial charge < -0.3 is 10.2 Å². The summed E-state index contributed by atoms with van der Waals surface area (Å²) in [4.78, 5) is 21.3. The fraction of sp³-hybridized carbons (Fsp3) is 0.778. The molecule has 0 heterocycles. The van der Waals surface area contributed by atoms with Gasteiger partial charge in [-0.3, -0.25) is 14.9 Å². The summed E-state index contributed by atoms with van der Waals surface area (Å²) in [7, 11) is 0. The number of nitrogens with one attached hydrogen (secondary N) is 1. The highest BCUT2D eigenvalue weighted by molar-refractivity contribution is 5.78. The molecule has 0 amide bonds. The van der Waals surface area contributed by atoms with E-state index in [1.165, 1.54) is 13.8 Å². The van der Waals surface area contributed by atoms with Gasteiger partial charge in [0.1, 0.15) is 5.54 Å². The van der Waals surface area contributed by atoms with E-state index in [9.17, 15) is 9.59 Å². The van der Waals surface area contributed by atoms with Crippen LogP contribution in [0.1, 0.15) is 34.1 Å². The van der Waals surface area contributed by atoms with Crippen molar-refractivity contribution < 1.29 is 19.8 Å². The molecule has 0 aliphatic rings. The van der Waals surface area contributed by atoms with Crippen LogP contribution in [0.25, 0.3) is 0 Å². The zero-order valence-corrected chi connectivity index (χ0v) is 8.92. The monoisotopic (exact) mass is 203 g/mol. The van der Waals surface area contributed by atoms with Gasteiger partial charge in [0.25, 0.3) is 0 Å². The first-order valence-corrected chi connectivity index (χ1v) is 4.31. The molecule has 0 aliphatic carbocycles. The van der Waals surface area contributed by atoms with Crippen LogP contribution >= 0.6 is 0 Å². The van der Waals surface area contributed by atoms with Crippen molar-refractivity contribution in [2.24, 2.45) is 0 Å². The molecule has 0 saturated heterocycles. The Morgan fingerprint density at radius 2 is 1.57 bits per heavy atom. The molecule has 0 saturated carbocycles. The van der Waals surface area contributed by atoms with E-state index in [0.29, 0.717) is 0 Å². The highest BCUT2D eigenvalue weighted by atomic mass is 16.4. The third-order valence-electron chi connectivity index (χ3n) is 1.78. The zero-order chi connectivity index (χ0) is 11.6. The summed E-state index contributed by atoms with van der Waals surface area (Å²) in [6, 6.07) is 0. The van der Waals surface area contributed by atoms with Gasteiger partial charge in [-0.25, -0.2) is 0 Å². The maximum Gasteiger partial charge on any atom is 0.323 e. The molecule has 0 spiro atoms. The van der Waals surface area contributed by atoms with Crippen molar-refractivity contribution >= 4 is 11.9 Å². The Labute approximate surface area is 83.1 Å². The summed E-state index contributed by atoms with van der Waals surface area (Å²) >= 11 is 0. The number of hydrogen-bond acceptors (Lipinski definition) is 3. The Morgan fingerprint density at radius 3 is 1.86 bits per heavy atom. The molecule has 0 aromatic heterocycles. The Bertz CT molecular complexity index is 245. The molecule has 0 radical (unpaired) electrons. The average molecular weight is 203 g/mol. The van der Waals surface area contributed by atoms with Crippen molar-refractivity contribution in [2.75, 3.05) is 0 Å². The van der Waals surface area contributed by atoms with Crippen molar-refractivity contribution in [3.05, 3.63) is 0 Å². The van der Waals surface area contributed by atoms with Crippen LogP contribution in [0, 0.1) is 0 Å². The Balaban J connectivity index is 4.49. The minimum atomic E-state index is -1.13. The van der Waals surface area contributed by atoms with Crippen molar-refractivity contribution in [1.82, 2.24) is 5.32 Å². The summed E-state index contributed by atoms with van der Waals surface area (Å²) in [5, 5.41) is 20.2. The van der Waals surface area contributed by atoms with Crippen LogP contribution in [0.5, 0.6) is 0 Å². The summed E-state index contributed by atoms with van der Waals surface area (Å²) in [5.74, 6) is -1.96. The third-order valence-corrected chi connectivity index (χ3v) is 1.78. The molecule has 0 unspecified atom stereocenters. The van der Waals surface area contributed by atoms with E-state index in [0.717, 1.165) is 0 Å². The second-order valence-electron chi connectivity index (χ2n) is 4.51. The lowest BCUT2D eigenvalue weighted by atomic mass is 9.94. The summed E-state index contributed by atoms with van der Waals surface area (Å²) < 4.78 is 0. The molecule has 0 aliphatic heterocycles. The second kappa shape index (κ2) is 3.96. The first-order chi connectivity index (χ1) is 6.07. The summed E-state index contributed by atoms with van der Waals surface area (Å²) in [5.41, 5.74) is -1.87. The van der Waals surface area contributed by atoms with Gasteiger partial charge >= 0.3 is 11.9 Å². The molecular weight excluding hydrogens is 186 g/mol. The Hall–Kier alpha value is -1.10. The van der Waals surface area contributed by atoms with E-state index < -0.39 is 23.0 Å². The van der Waals surface area contributed by atoms with Crippen molar-refractivity contribution in [3.8, 4) is 0 Å². The fourth-order valence-corrected chi connectivity index (χ4v) is 1.32. The van der Waals surface area contributed by atoms with E-state index in [-0.39, 0.29) is 6.42 Å². The minimum Gasteiger partial charge on any atom is -0.481 e. The van der Waals surface area contributed by atoms with Crippen LogP contribution in [0.2, 0.25) is 0 Å². The van der Waals surface area contributed by atoms with E-state index in [1.54, 1.807) is 13.8 Å². The van der Waals surface area contributed by atoms with Gasteiger partial charge in [-0.05, 0) is 27.7 Å². The summed E-state index contributed by atoms with van der Waals surface area (Å²) in [6.45, 7) is 6.31. The molecule has 3 N–H and O–H groups in total. The Morgan fingerprint density at radius 1 is 1.14 bits per heavy atom. The molecule has 14 heavy (non-hydrogen) atoms. The van der Waals surface area contributed by atoms with Crippen LogP contribution in [-0.4, -0.2) is 33.2 Å². The van der Waals surface area contributed by atoms with Crippen LogP contribution in [0.3, 0.4) is 0 Å². The molecule has 82 valence electrons. The molecule has 0 bridgehead atoms. The lowest BCUT2D eigenvalue weighted by Crippen LogP contribution is -2.56. The quantitative estimate of drug-likeness (QED) is 0.612. The molecule has 0 aromatic carbocycles. The van der Waals surface area contributed by atoms with E-state index in [2.05, 4.69) is 5.32 Å². The van der Waals surface area contributed by atoms with Crippen molar-refractivity contribution in [1.29, 1.82) is 0 Å². The highest BCUT2D eigenvalue weighted by Gasteiger charge is 2.34. The molecule has 0 rings (SSSR count). The SMILES string of the molecule is CC(C)(CC(=O)O)NC(C)(C)C(=O)O. The molecule has 5 heteroatoms. The topological polar surface area (TPSA) is 86.6 Å². The maximum atomic E-state index is 10.8. The lowest BCUT2D eigenvalue weighted by Gasteiger charge is -2.33. The number of hydrogen-bond donors (Lipinski definition) is 3. The molecular formula is C9H17NO4. The largest absolute Gasteiger partial charge is 0.481 e. The van der Waals surface area contributed by atoms with E-state index >= 15 is 0 Å². The predicted molar refractivity (Wildman–Crippen MR) is 51.2 cm³/mol. The van der Waals surface area contributed by atoms with Crippen molar-refractivity contribution in [2.45, 2.75) is 45.2 Å². The van der Waals surface area contributed by atoms with Gasteiger partial charge in [-0.1, -0.05) is 0 Å².